The fraction of sp³-hybridized carbons (Fsp3) is 0.375. The van der Waals surface area contributed by atoms with Gasteiger partial charge in [0.25, 0.3) is 0 Å². The monoisotopic (exact) mass is 439 g/mol. The molecule has 3 aromatic rings. The highest BCUT2D eigenvalue weighted by Crippen LogP contribution is 2.30. The summed E-state index contributed by atoms with van der Waals surface area (Å²) in [6, 6.07) is 14.4. The number of piperazine rings is 1. The Morgan fingerprint density at radius 1 is 1.06 bits per heavy atom. The number of hydrogen-bond donors (Lipinski definition) is 1. The van der Waals surface area contributed by atoms with Crippen LogP contribution in [0.1, 0.15) is 26.7 Å². The van der Waals surface area contributed by atoms with Crippen molar-refractivity contribution in [1.29, 1.82) is 0 Å². The number of rotatable bonds is 6. The average molecular weight is 440 g/mol. The van der Waals surface area contributed by atoms with Crippen LogP contribution >= 0.6 is 12.4 Å². The number of aromatic nitrogens is 2. The van der Waals surface area contributed by atoms with Crippen LogP contribution in [-0.2, 0) is 4.79 Å². The third kappa shape index (κ3) is 5.32. The van der Waals surface area contributed by atoms with Crippen molar-refractivity contribution < 1.29 is 4.79 Å². The smallest absolute Gasteiger partial charge is 0.225 e. The maximum absolute atomic E-state index is 11.8. The molecule has 1 aliphatic heterocycles. The van der Waals surface area contributed by atoms with Crippen LogP contribution in [0.15, 0.2) is 48.7 Å². The van der Waals surface area contributed by atoms with E-state index in [4.69, 9.17) is 4.98 Å². The van der Waals surface area contributed by atoms with E-state index in [2.05, 4.69) is 57.4 Å². The number of hydrogen-bond acceptors (Lipinski definition) is 5. The third-order valence-corrected chi connectivity index (χ3v) is 5.64. The number of anilines is 2. The Labute approximate surface area is 190 Å². The molecule has 4 rings (SSSR count). The molecular formula is C24H30ClN5O. The normalized spacial score (nSPS) is 14.3. The minimum atomic E-state index is -0.00455. The van der Waals surface area contributed by atoms with E-state index in [0.29, 0.717) is 12.2 Å². The van der Waals surface area contributed by atoms with E-state index in [0.717, 1.165) is 56.2 Å². The summed E-state index contributed by atoms with van der Waals surface area (Å²) in [7, 11) is 0. The number of nitrogens with one attached hydrogen (secondary N) is 1. The van der Waals surface area contributed by atoms with Crippen molar-refractivity contribution in [2.75, 3.05) is 42.9 Å². The molecule has 0 bridgehead atoms. The molecule has 164 valence electrons. The van der Waals surface area contributed by atoms with Gasteiger partial charge in [-0.05, 0) is 36.6 Å². The van der Waals surface area contributed by atoms with Gasteiger partial charge in [-0.25, -0.2) is 9.97 Å². The fourth-order valence-electron chi connectivity index (χ4n) is 3.90. The molecule has 3 heterocycles. The van der Waals surface area contributed by atoms with E-state index < -0.39 is 0 Å². The summed E-state index contributed by atoms with van der Waals surface area (Å²) in [5, 5.41) is 5.20. The zero-order chi connectivity index (χ0) is 20.9. The van der Waals surface area contributed by atoms with E-state index in [1.54, 1.807) is 6.20 Å². The van der Waals surface area contributed by atoms with Crippen molar-refractivity contribution in [3.63, 3.8) is 0 Å². The SMILES string of the molecule is CCCC(=O)Nc1ccc(-c2cc3ccccc3c(N3CCN(CC)CC3)n2)cn1.Cl. The van der Waals surface area contributed by atoms with Crippen LogP contribution in [0.25, 0.3) is 22.0 Å². The van der Waals surface area contributed by atoms with E-state index in [-0.39, 0.29) is 18.3 Å². The number of nitrogens with zero attached hydrogens (tertiary/aromatic N) is 4. The van der Waals surface area contributed by atoms with E-state index in [9.17, 15) is 4.79 Å². The van der Waals surface area contributed by atoms with Gasteiger partial charge in [-0.1, -0.05) is 38.1 Å². The van der Waals surface area contributed by atoms with Crippen LogP contribution in [0.4, 0.5) is 11.6 Å². The van der Waals surface area contributed by atoms with Crippen molar-refractivity contribution in [3.8, 4) is 11.3 Å². The number of carbonyl (C=O) groups excluding carboxylic acids is 1. The van der Waals surface area contributed by atoms with Gasteiger partial charge in [-0.3, -0.25) is 4.79 Å². The van der Waals surface area contributed by atoms with Crippen molar-refractivity contribution in [3.05, 3.63) is 48.7 Å². The molecule has 2 aromatic heterocycles. The minimum Gasteiger partial charge on any atom is -0.354 e. The van der Waals surface area contributed by atoms with Crippen LogP contribution in [0.5, 0.6) is 0 Å². The number of carbonyl (C=O) groups is 1. The molecule has 0 atom stereocenters. The third-order valence-electron chi connectivity index (χ3n) is 5.64. The lowest BCUT2D eigenvalue weighted by atomic mass is 10.1. The van der Waals surface area contributed by atoms with Crippen LogP contribution in [-0.4, -0.2) is 53.5 Å². The number of likely N-dealkylation sites (N-methyl/N-ethyl adjacent to an activating group) is 1. The van der Waals surface area contributed by atoms with Gasteiger partial charge in [-0.15, -0.1) is 12.4 Å². The lowest BCUT2D eigenvalue weighted by Gasteiger charge is -2.35. The first-order chi connectivity index (χ1) is 14.7. The molecule has 0 unspecified atom stereocenters. The van der Waals surface area contributed by atoms with Crippen molar-refractivity contribution in [1.82, 2.24) is 14.9 Å². The molecule has 0 saturated carbocycles. The summed E-state index contributed by atoms with van der Waals surface area (Å²) < 4.78 is 0. The quantitative estimate of drug-likeness (QED) is 0.608. The van der Waals surface area contributed by atoms with E-state index in [1.807, 2.05) is 19.1 Å². The largest absolute Gasteiger partial charge is 0.354 e. The first-order valence-corrected chi connectivity index (χ1v) is 10.8. The van der Waals surface area contributed by atoms with Crippen molar-refractivity contribution >= 4 is 40.7 Å². The summed E-state index contributed by atoms with van der Waals surface area (Å²) in [4.78, 5) is 26.1. The van der Waals surface area contributed by atoms with E-state index >= 15 is 0 Å². The maximum Gasteiger partial charge on any atom is 0.225 e. The summed E-state index contributed by atoms with van der Waals surface area (Å²) >= 11 is 0. The molecule has 1 amide bonds. The fourth-order valence-corrected chi connectivity index (χ4v) is 3.90. The predicted molar refractivity (Wildman–Crippen MR) is 130 cm³/mol. The van der Waals surface area contributed by atoms with Gasteiger partial charge in [0.05, 0.1) is 5.69 Å². The Hall–Kier alpha value is -2.70. The predicted octanol–water partition coefficient (Wildman–Crippen LogP) is 4.60. The molecule has 0 radical (unpaired) electrons. The standard InChI is InChI=1S/C24H29N5O.ClH/c1-3-7-23(30)27-22-11-10-19(17-25-22)21-16-18-8-5-6-9-20(18)24(26-21)29-14-12-28(4-2)13-15-29;/h5-6,8-11,16-17H,3-4,7,12-15H2,1-2H3,(H,25,27,30);1H. The average Bonchev–Trinajstić information content (AvgIpc) is 2.79. The summed E-state index contributed by atoms with van der Waals surface area (Å²) in [6.07, 6.45) is 3.11. The van der Waals surface area contributed by atoms with Crippen LogP contribution in [0.3, 0.4) is 0 Å². The molecule has 0 aliphatic carbocycles. The topological polar surface area (TPSA) is 61.4 Å². The molecule has 1 saturated heterocycles. The Morgan fingerprint density at radius 3 is 2.52 bits per heavy atom. The maximum atomic E-state index is 11.8. The summed E-state index contributed by atoms with van der Waals surface area (Å²) in [5.74, 6) is 1.61. The molecule has 0 spiro atoms. The number of fused-ring (bicyclic) bond motifs is 1. The molecule has 1 N–H and O–H groups in total. The minimum absolute atomic E-state index is 0. The van der Waals surface area contributed by atoms with Gasteiger partial charge >= 0.3 is 0 Å². The Balaban J connectivity index is 0.00000272. The van der Waals surface area contributed by atoms with Gasteiger partial charge in [0, 0.05) is 49.7 Å². The van der Waals surface area contributed by atoms with Gasteiger partial charge in [0.1, 0.15) is 11.6 Å². The first kappa shape index (κ1) is 23.0. The highest BCUT2D eigenvalue weighted by atomic mass is 35.5. The second kappa shape index (κ2) is 10.6. The number of pyridine rings is 2. The highest BCUT2D eigenvalue weighted by molar-refractivity contribution is 5.95. The summed E-state index contributed by atoms with van der Waals surface area (Å²) in [6.45, 7) is 9.38. The van der Waals surface area contributed by atoms with Crippen LogP contribution in [0.2, 0.25) is 0 Å². The van der Waals surface area contributed by atoms with Gasteiger partial charge in [0.15, 0.2) is 0 Å². The zero-order valence-electron chi connectivity index (χ0n) is 18.2. The van der Waals surface area contributed by atoms with Crippen LogP contribution in [0, 0.1) is 0 Å². The lowest BCUT2D eigenvalue weighted by molar-refractivity contribution is -0.116. The van der Waals surface area contributed by atoms with Crippen molar-refractivity contribution in [2.24, 2.45) is 0 Å². The first-order valence-electron chi connectivity index (χ1n) is 10.8. The molecule has 1 aliphatic rings. The van der Waals surface area contributed by atoms with E-state index in [1.165, 1.54) is 10.8 Å². The Bertz CT molecular complexity index is 1020. The second-order valence-electron chi connectivity index (χ2n) is 7.70. The molecule has 1 fully saturated rings. The molecule has 6 nitrogen and oxygen atoms in total. The molecule has 1 aromatic carbocycles. The highest BCUT2D eigenvalue weighted by Gasteiger charge is 2.19. The second-order valence-corrected chi connectivity index (χ2v) is 7.70. The Morgan fingerprint density at radius 2 is 1.84 bits per heavy atom. The summed E-state index contributed by atoms with van der Waals surface area (Å²) in [5.41, 5.74) is 1.85. The Kier molecular flexibility index (Phi) is 7.82. The van der Waals surface area contributed by atoms with Gasteiger partial charge in [-0.2, -0.15) is 0 Å². The number of amides is 1. The lowest BCUT2D eigenvalue weighted by Crippen LogP contribution is -2.46. The molecular weight excluding hydrogens is 410 g/mol. The zero-order valence-corrected chi connectivity index (χ0v) is 19.0. The van der Waals surface area contributed by atoms with Gasteiger partial charge in [0.2, 0.25) is 5.91 Å². The van der Waals surface area contributed by atoms with Gasteiger partial charge < -0.3 is 15.1 Å². The molecule has 7 heteroatoms. The van der Waals surface area contributed by atoms with Crippen molar-refractivity contribution in [2.45, 2.75) is 26.7 Å². The molecule has 31 heavy (non-hydrogen) atoms. The number of benzene rings is 1. The van der Waals surface area contributed by atoms with Crippen LogP contribution < -0.4 is 10.2 Å². The number of halogens is 1.